The predicted molar refractivity (Wildman–Crippen MR) is 161 cm³/mol. The average Bonchev–Trinajstić information content (AvgIpc) is 3.31. The fourth-order valence-electron chi connectivity index (χ4n) is 5.41. The Morgan fingerprint density at radius 1 is 1.11 bits per heavy atom. The maximum Gasteiger partial charge on any atom is 0.407 e. The number of hydrogen-bond acceptors (Lipinski definition) is 7. The molecule has 1 aromatic carbocycles. The molecule has 1 saturated heterocycles. The molecule has 2 fully saturated rings. The van der Waals surface area contributed by atoms with E-state index in [1.54, 1.807) is 37.8 Å². The van der Waals surface area contributed by atoms with Crippen LogP contribution in [0.3, 0.4) is 0 Å². The van der Waals surface area contributed by atoms with Crippen molar-refractivity contribution in [1.29, 1.82) is 5.41 Å². The van der Waals surface area contributed by atoms with Crippen LogP contribution in [-0.2, 0) is 32.2 Å². The summed E-state index contributed by atoms with van der Waals surface area (Å²) < 4.78 is 23.0. The van der Waals surface area contributed by atoms with Crippen molar-refractivity contribution in [3.05, 3.63) is 47.3 Å². The highest BCUT2D eigenvalue weighted by atomic mass is 19.1. The van der Waals surface area contributed by atoms with Gasteiger partial charge in [0.15, 0.2) is 0 Å². The second-order valence-electron chi connectivity index (χ2n) is 12.5. The molecule has 242 valence electrons. The van der Waals surface area contributed by atoms with Crippen LogP contribution in [0, 0.1) is 23.1 Å². The first-order chi connectivity index (χ1) is 20.8. The number of nitrogens with one attached hydrogen (secondary N) is 1. The van der Waals surface area contributed by atoms with E-state index >= 15 is 0 Å². The Bertz CT molecular complexity index is 1250. The molecule has 3 amide bonds. The van der Waals surface area contributed by atoms with Crippen LogP contribution in [0.5, 0.6) is 0 Å². The van der Waals surface area contributed by atoms with Crippen LogP contribution in [0.15, 0.2) is 30.4 Å². The highest BCUT2D eigenvalue weighted by Gasteiger charge is 2.44. The van der Waals surface area contributed by atoms with E-state index in [-0.39, 0.29) is 48.0 Å². The van der Waals surface area contributed by atoms with Crippen molar-refractivity contribution in [3.8, 4) is 0 Å². The lowest BCUT2D eigenvalue weighted by molar-refractivity contribution is -0.139. The van der Waals surface area contributed by atoms with Crippen LogP contribution in [0.4, 0.5) is 14.0 Å². The number of halogens is 1. The van der Waals surface area contributed by atoms with Gasteiger partial charge in [0.2, 0.25) is 11.8 Å². The zero-order chi connectivity index (χ0) is 32.4. The van der Waals surface area contributed by atoms with Crippen molar-refractivity contribution < 1.29 is 38.1 Å². The van der Waals surface area contributed by atoms with Gasteiger partial charge in [0, 0.05) is 25.1 Å². The largest absolute Gasteiger partial charge is 0.465 e. The number of carbonyl (C=O) groups is 4. The smallest absolute Gasteiger partial charge is 0.407 e. The molecule has 4 aliphatic rings. The summed E-state index contributed by atoms with van der Waals surface area (Å²) in [4.78, 5) is 48.0. The number of rotatable bonds is 0. The van der Waals surface area contributed by atoms with E-state index < -0.39 is 17.8 Å². The number of carbonyl (C=O) groups excluding carboxylic acids is 3. The number of allylic oxidation sites excluding steroid dienone is 2. The van der Waals surface area contributed by atoms with Crippen LogP contribution >= 0.6 is 0 Å². The Morgan fingerprint density at radius 3 is 2.48 bits per heavy atom. The molecule has 3 unspecified atom stereocenters. The van der Waals surface area contributed by atoms with Gasteiger partial charge in [0.1, 0.15) is 17.5 Å². The summed E-state index contributed by atoms with van der Waals surface area (Å²) >= 11 is 0. The van der Waals surface area contributed by atoms with Crippen LogP contribution in [0.1, 0.15) is 89.7 Å². The van der Waals surface area contributed by atoms with Gasteiger partial charge in [-0.05, 0) is 76.8 Å². The van der Waals surface area contributed by atoms with E-state index in [2.05, 4.69) is 16.9 Å². The van der Waals surface area contributed by atoms with Crippen molar-refractivity contribution >= 4 is 30.0 Å². The summed E-state index contributed by atoms with van der Waals surface area (Å²) in [6.45, 7) is 6.42. The number of amides is 3. The van der Waals surface area contributed by atoms with Crippen LogP contribution in [-0.4, -0.2) is 63.1 Å². The zero-order valence-corrected chi connectivity index (χ0v) is 25.9. The van der Waals surface area contributed by atoms with Gasteiger partial charge in [-0.1, -0.05) is 37.1 Å². The van der Waals surface area contributed by atoms with E-state index in [1.165, 1.54) is 11.0 Å². The number of nitrogens with zero attached hydrogens (tertiary/aromatic N) is 2. The standard InChI is InChI=1S/C18H26N2O3.C9H8FNO2.C5H11NO2/c19-17-15-9-7-11-20(15)16(21)10-6-4-2-1-3-5-8-13-12-14(13)18(22)23-17;10-8-3-1-2-6-4-11(9(12)13)5-7(6)8;1-5(2,3)8-4(6)7/h5,8,13-15,19H,1-4,6-7,9-12H2;1-3H,4-5H2,(H,12,13);1-3H3,(H2,6,7)/b8-5-,19-17?;;. The van der Waals surface area contributed by atoms with Crippen LogP contribution in [0.2, 0.25) is 0 Å². The number of fused-ring (bicyclic) bond motifs is 3. The number of carboxylic acid groups (broad SMARTS) is 1. The van der Waals surface area contributed by atoms with Crippen LogP contribution in [0.25, 0.3) is 0 Å². The van der Waals surface area contributed by atoms with Crippen molar-refractivity contribution in [2.24, 2.45) is 17.6 Å². The molecule has 0 radical (unpaired) electrons. The first-order valence-corrected chi connectivity index (χ1v) is 15.3. The van der Waals surface area contributed by atoms with E-state index in [4.69, 9.17) is 21.0 Å². The van der Waals surface area contributed by atoms with Crippen molar-refractivity contribution in [3.63, 3.8) is 0 Å². The van der Waals surface area contributed by atoms with Crippen molar-refractivity contribution in [2.45, 2.75) is 103 Å². The number of ether oxygens (including phenoxy) is 2. The van der Waals surface area contributed by atoms with E-state index in [1.807, 2.05) is 0 Å². The molecular formula is C32H45FN4O7. The van der Waals surface area contributed by atoms with Crippen molar-refractivity contribution in [2.75, 3.05) is 6.54 Å². The van der Waals surface area contributed by atoms with Gasteiger partial charge in [-0.3, -0.25) is 19.9 Å². The summed E-state index contributed by atoms with van der Waals surface area (Å²) in [5.74, 6) is -0.362. The van der Waals surface area contributed by atoms with Gasteiger partial charge in [-0.15, -0.1) is 0 Å². The molecular weight excluding hydrogens is 571 g/mol. The molecule has 11 nitrogen and oxygen atoms in total. The summed E-state index contributed by atoms with van der Waals surface area (Å²) in [7, 11) is 0. The Morgan fingerprint density at radius 2 is 1.84 bits per heavy atom. The zero-order valence-electron chi connectivity index (χ0n) is 25.9. The lowest BCUT2D eigenvalue weighted by Gasteiger charge is -2.24. The third-order valence-electron chi connectivity index (χ3n) is 7.73. The highest BCUT2D eigenvalue weighted by Crippen LogP contribution is 2.41. The molecule has 1 saturated carbocycles. The summed E-state index contributed by atoms with van der Waals surface area (Å²) in [6.07, 6.45) is 10.9. The van der Waals surface area contributed by atoms with Gasteiger partial charge < -0.3 is 25.2 Å². The Labute approximate surface area is 258 Å². The van der Waals surface area contributed by atoms with Gasteiger partial charge >= 0.3 is 18.2 Å². The molecule has 4 N–H and O–H groups in total. The van der Waals surface area contributed by atoms with E-state index in [0.29, 0.717) is 25.1 Å². The SMILES string of the molecule is CC(C)(C)OC(N)=O.N=C1OC(=O)C2CC2/C=C\CCCCCCC(=O)N2CCCC12.O=C(O)N1Cc2cccc(F)c2C1. The molecule has 44 heavy (non-hydrogen) atoms. The lowest BCUT2D eigenvalue weighted by atomic mass is 10.1. The van der Waals surface area contributed by atoms with Gasteiger partial charge in [0.05, 0.1) is 12.5 Å². The molecule has 0 spiro atoms. The number of primary amides is 1. The summed E-state index contributed by atoms with van der Waals surface area (Å²) in [6, 6.07) is 4.36. The molecule has 3 aliphatic heterocycles. The predicted octanol–water partition coefficient (Wildman–Crippen LogP) is 5.74. The maximum absolute atomic E-state index is 13.1. The topological polar surface area (TPSA) is 163 Å². The first-order valence-electron chi connectivity index (χ1n) is 15.3. The summed E-state index contributed by atoms with van der Waals surface area (Å²) in [5.41, 5.74) is 5.54. The molecule has 0 aromatic heterocycles. The maximum atomic E-state index is 13.1. The van der Waals surface area contributed by atoms with E-state index in [9.17, 15) is 23.6 Å². The third kappa shape index (κ3) is 10.6. The number of benzene rings is 1. The summed E-state index contributed by atoms with van der Waals surface area (Å²) in [5, 5.41) is 16.8. The number of nitrogens with two attached hydrogens (primary N) is 1. The minimum absolute atomic E-state index is 0.0393. The minimum Gasteiger partial charge on any atom is -0.465 e. The first kappa shape index (κ1) is 34.5. The number of esters is 1. The average molecular weight is 617 g/mol. The Balaban J connectivity index is 0.000000211. The van der Waals surface area contributed by atoms with E-state index in [0.717, 1.165) is 56.9 Å². The molecule has 12 heteroatoms. The molecule has 3 heterocycles. The number of cyclic esters (lactones) is 1. The normalized spacial score (nSPS) is 24.3. The van der Waals surface area contributed by atoms with Gasteiger partial charge in [0.25, 0.3) is 0 Å². The van der Waals surface area contributed by atoms with Crippen molar-refractivity contribution in [1.82, 2.24) is 9.80 Å². The lowest BCUT2D eigenvalue weighted by Crippen LogP contribution is -2.41. The Kier molecular flexibility index (Phi) is 12.3. The second-order valence-corrected chi connectivity index (χ2v) is 12.5. The molecule has 3 atom stereocenters. The fraction of sp³-hybridized carbons (Fsp3) is 0.594. The number of hydrogen-bond donors (Lipinski definition) is 3. The Hall–Kier alpha value is -3.96. The minimum atomic E-state index is -1.00. The third-order valence-corrected chi connectivity index (χ3v) is 7.73. The fourth-order valence-corrected chi connectivity index (χ4v) is 5.41. The molecule has 1 aromatic rings. The molecule has 1 aliphatic carbocycles. The van der Waals surface area contributed by atoms with Gasteiger partial charge in [-0.2, -0.15) is 0 Å². The van der Waals surface area contributed by atoms with Gasteiger partial charge in [-0.25, -0.2) is 14.0 Å². The van der Waals surface area contributed by atoms with Crippen LogP contribution < -0.4 is 5.73 Å². The molecule has 5 rings (SSSR count). The monoisotopic (exact) mass is 616 g/mol. The highest BCUT2D eigenvalue weighted by molar-refractivity contribution is 5.94. The molecule has 0 bridgehead atoms. The quantitative estimate of drug-likeness (QED) is 0.247. The second kappa shape index (κ2) is 15.7.